The van der Waals surface area contributed by atoms with E-state index < -0.39 is 11.7 Å². The van der Waals surface area contributed by atoms with Gasteiger partial charge in [-0.2, -0.15) is 0 Å². The van der Waals surface area contributed by atoms with E-state index in [4.69, 9.17) is 15.2 Å². The van der Waals surface area contributed by atoms with Gasteiger partial charge in [-0.05, 0) is 54.9 Å². The first-order valence-corrected chi connectivity index (χ1v) is 8.09. The van der Waals surface area contributed by atoms with Crippen molar-refractivity contribution in [1.82, 2.24) is 4.98 Å². The van der Waals surface area contributed by atoms with Crippen LogP contribution in [0.25, 0.3) is 0 Å². The molecule has 0 atom stereocenters. The highest BCUT2D eigenvalue weighted by Crippen LogP contribution is 2.31. The maximum Gasteiger partial charge on any atom is 0.414 e. The van der Waals surface area contributed by atoms with Gasteiger partial charge in [-0.15, -0.1) is 0 Å². The highest BCUT2D eigenvalue weighted by atomic mass is 79.9. The highest BCUT2D eigenvalue weighted by molar-refractivity contribution is 9.10. The van der Waals surface area contributed by atoms with Crippen molar-refractivity contribution in [3.05, 3.63) is 41.1 Å². The molecule has 0 saturated heterocycles. The quantitative estimate of drug-likeness (QED) is 0.771. The lowest BCUT2D eigenvalue weighted by Gasteiger charge is -2.25. The molecule has 0 spiro atoms. The minimum atomic E-state index is -0.587. The lowest BCUT2D eigenvalue weighted by atomic mass is 10.2. The molecule has 128 valence electrons. The van der Waals surface area contributed by atoms with Gasteiger partial charge in [0.05, 0.1) is 17.6 Å². The van der Waals surface area contributed by atoms with Gasteiger partial charge in [-0.1, -0.05) is 0 Å². The van der Waals surface area contributed by atoms with Crippen molar-refractivity contribution < 1.29 is 14.3 Å². The number of aromatic nitrogens is 1. The Balaban J connectivity index is 2.23. The van der Waals surface area contributed by atoms with Gasteiger partial charge < -0.3 is 15.2 Å². The number of nitrogens with two attached hydrogens (primary N) is 1. The number of anilines is 2. The summed E-state index contributed by atoms with van der Waals surface area (Å²) >= 11 is 3.34. The number of hydrogen-bond acceptors (Lipinski definition) is 5. The van der Waals surface area contributed by atoms with Crippen LogP contribution in [0, 0.1) is 0 Å². The molecule has 0 aliphatic heterocycles. The summed E-state index contributed by atoms with van der Waals surface area (Å²) in [5.41, 5.74) is 6.35. The van der Waals surface area contributed by atoms with Gasteiger partial charge in [0.25, 0.3) is 0 Å². The van der Waals surface area contributed by atoms with Crippen LogP contribution in [0.4, 0.5) is 16.2 Å². The first-order chi connectivity index (χ1) is 11.2. The van der Waals surface area contributed by atoms with Crippen molar-refractivity contribution >= 4 is 33.4 Å². The first-order valence-electron chi connectivity index (χ1n) is 7.30. The Labute approximate surface area is 149 Å². The van der Waals surface area contributed by atoms with E-state index in [1.165, 1.54) is 4.90 Å². The zero-order valence-electron chi connectivity index (χ0n) is 14.0. The molecule has 0 aliphatic carbocycles. The van der Waals surface area contributed by atoms with Gasteiger partial charge in [0.15, 0.2) is 0 Å². The average Bonchev–Trinajstić information content (AvgIpc) is 2.47. The second kappa shape index (κ2) is 7.09. The monoisotopic (exact) mass is 393 g/mol. The van der Waals surface area contributed by atoms with Crippen LogP contribution in [0.1, 0.15) is 20.8 Å². The van der Waals surface area contributed by atoms with Crippen LogP contribution in [-0.4, -0.2) is 23.7 Å². The van der Waals surface area contributed by atoms with Crippen molar-refractivity contribution in [3.63, 3.8) is 0 Å². The number of nitrogens with zero attached hydrogens (tertiary/aromatic N) is 2. The zero-order valence-corrected chi connectivity index (χ0v) is 15.6. The van der Waals surface area contributed by atoms with Gasteiger partial charge in [0.1, 0.15) is 17.1 Å². The molecule has 2 rings (SSSR count). The summed E-state index contributed by atoms with van der Waals surface area (Å²) in [6.45, 7) is 5.42. The summed E-state index contributed by atoms with van der Waals surface area (Å²) in [7, 11) is 1.60. The van der Waals surface area contributed by atoms with Crippen LogP contribution in [0.5, 0.6) is 11.5 Å². The second-order valence-electron chi connectivity index (χ2n) is 6.20. The molecule has 2 aromatic rings. The number of ether oxygens (including phenoxy) is 2. The molecular formula is C17H20BrN3O3. The van der Waals surface area contributed by atoms with Gasteiger partial charge in [0.2, 0.25) is 0 Å². The summed E-state index contributed by atoms with van der Waals surface area (Å²) in [5, 5.41) is 0. The fraction of sp³-hybridized carbons (Fsp3) is 0.294. The third-order valence-corrected chi connectivity index (χ3v) is 3.38. The topological polar surface area (TPSA) is 77.7 Å². The Bertz CT molecular complexity index is 744. The van der Waals surface area contributed by atoms with E-state index in [0.717, 1.165) is 4.47 Å². The van der Waals surface area contributed by atoms with Crippen molar-refractivity contribution in [1.29, 1.82) is 0 Å². The molecule has 0 aliphatic rings. The number of rotatable bonds is 3. The van der Waals surface area contributed by atoms with E-state index >= 15 is 0 Å². The van der Waals surface area contributed by atoms with Crippen LogP contribution < -0.4 is 15.4 Å². The first kappa shape index (κ1) is 18.1. The third kappa shape index (κ3) is 4.86. The number of carbonyl (C=O) groups excluding carboxylic acids is 1. The van der Waals surface area contributed by atoms with E-state index in [2.05, 4.69) is 20.9 Å². The molecule has 1 aromatic heterocycles. The predicted octanol–water partition coefficient (Wildman–Crippen LogP) is 4.59. The molecule has 0 saturated carbocycles. The smallest absolute Gasteiger partial charge is 0.414 e. The molecule has 7 heteroatoms. The Morgan fingerprint density at radius 3 is 2.54 bits per heavy atom. The van der Waals surface area contributed by atoms with Crippen LogP contribution in [0.2, 0.25) is 0 Å². The number of nitrogen functional groups attached to an aromatic ring is 1. The molecule has 0 bridgehead atoms. The molecule has 1 heterocycles. The van der Waals surface area contributed by atoms with Crippen molar-refractivity contribution in [2.45, 2.75) is 26.4 Å². The summed E-state index contributed by atoms with van der Waals surface area (Å²) in [4.78, 5) is 17.6. The van der Waals surface area contributed by atoms with E-state index in [1.54, 1.807) is 43.7 Å². The number of hydrogen-bond donors (Lipinski definition) is 1. The van der Waals surface area contributed by atoms with Crippen LogP contribution >= 0.6 is 15.9 Å². The van der Waals surface area contributed by atoms with E-state index in [0.29, 0.717) is 22.9 Å². The highest BCUT2D eigenvalue weighted by Gasteiger charge is 2.22. The Hall–Kier alpha value is -2.28. The molecule has 2 N–H and O–H groups in total. The maximum atomic E-state index is 12.2. The lowest BCUT2D eigenvalue weighted by molar-refractivity contribution is 0.0589. The summed E-state index contributed by atoms with van der Waals surface area (Å²) < 4.78 is 11.9. The van der Waals surface area contributed by atoms with E-state index in [9.17, 15) is 4.79 Å². The predicted molar refractivity (Wildman–Crippen MR) is 97.5 cm³/mol. The van der Waals surface area contributed by atoms with Gasteiger partial charge in [-0.3, -0.25) is 9.88 Å². The maximum absolute atomic E-state index is 12.2. The van der Waals surface area contributed by atoms with Crippen LogP contribution in [0.3, 0.4) is 0 Å². The van der Waals surface area contributed by atoms with E-state index in [-0.39, 0.29) is 0 Å². The number of carbonyl (C=O) groups is 1. The number of benzene rings is 1. The molecule has 24 heavy (non-hydrogen) atoms. The third-order valence-electron chi connectivity index (χ3n) is 2.95. The minimum absolute atomic E-state index is 0.447. The summed E-state index contributed by atoms with van der Waals surface area (Å²) in [6.07, 6.45) is 2.77. The molecule has 1 aromatic carbocycles. The largest absolute Gasteiger partial charge is 0.456 e. The number of halogens is 1. The standard InChI is InChI=1S/C17H20BrN3O3/c1-17(2,3)24-16(22)21(4)15-8-12(5-6-14(15)19)23-13-7-11(18)9-20-10-13/h5-10H,19H2,1-4H3. The van der Waals surface area contributed by atoms with Crippen molar-refractivity contribution in [2.75, 3.05) is 17.7 Å². The normalized spacial score (nSPS) is 11.0. The number of pyridine rings is 1. The minimum Gasteiger partial charge on any atom is -0.456 e. The summed E-state index contributed by atoms with van der Waals surface area (Å²) in [6, 6.07) is 6.88. The SMILES string of the molecule is CN(C(=O)OC(C)(C)C)c1cc(Oc2cncc(Br)c2)ccc1N. The van der Waals surface area contributed by atoms with Gasteiger partial charge in [-0.25, -0.2) is 4.79 Å². The Morgan fingerprint density at radius 1 is 1.21 bits per heavy atom. The van der Waals surface area contributed by atoms with Gasteiger partial charge in [0, 0.05) is 23.8 Å². The Morgan fingerprint density at radius 2 is 1.92 bits per heavy atom. The zero-order chi connectivity index (χ0) is 17.9. The molecule has 0 fully saturated rings. The fourth-order valence-corrected chi connectivity index (χ4v) is 2.23. The van der Waals surface area contributed by atoms with Crippen LogP contribution in [0.15, 0.2) is 41.1 Å². The fourth-order valence-electron chi connectivity index (χ4n) is 1.89. The van der Waals surface area contributed by atoms with Crippen LogP contribution in [-0.2, 0) is 4.74 Å². The average molecular weight is 394 g/mol. The molecule has 1 amide bonds. The molecule has 6 nitrogen and oxygen atoms in total. The second-order valence-corrected chi connectivity index (χ2v) is 7.12. The van der Waals surface area contributed by atoms with Gasteiger partial charge >= 0.3 is 6.09 Å². The summed E-state index contributed by atoms with van der Waals surface area (Å²) in [5.74, 6) is 1.11. The number of amides is 1. The van der Waals surface area contributed by atoms with Crippen molar-refractivity contribution in [2.24, 2.45) is 0 Å². The molecule has 0 unspecified atom stereocenters. The Kier molecular flexibility index (Phi) is 5.33. The lowest BCUT2D eigenvalue weighted by Crippen LogP contribution is -2.34. The molecule has 0 radical (unpaired) electrons. The molecular weight excluding hydrogens is 374 g/mol. The van der Waals surface area contributed by atoms with E-state index in [1.807, 2.05) is 20.8 Å². The van der Waals surface area contributed by atoms with Crippen molar-refractivity contribution in [3.8, 4) is 11.5 Å².